The summed E-state index contributed by atoms with van der Waals surface area (Å²) in [4.78, 5) is 13.4. The van der Waals surface area contributed by atoms with Crippen molar-refractivity contribution in [2.75, 3.05) is 19.6 Å². The van der Waals surface area contributed by atoms with E-state index in [4.69, 9.17) is 9.52 Å². The van der Waals surface area contributed by atoms with Crippen LogP contribution in [0.1, 0.15) is 56.4 Å². The second kappa shape index (κ2) is 8.34. The number of likely N-dealkylation sites (tertiary alicyclic amines) is 1. The molecule has 0 radical (unpaired) electrons. The van der Waals surface area contributed by atoms with Crippen LogP contribution in [0.25, 0.3) is 11.0 Å². The van der Waals surface area contributed by atoms with Gasteiger partial charge in [0.15, 0.2) is 0 Å². The Hall–Kier alpha value is -2.01. The number of furan rings is 1. The largest absolute Gasteiger partial charge is 0.465 e. The van der Waals surface area contributed by atoms with Gasteiger partial charge in [-0.05, 0) is 94.1 Å². The summed E-state index contributed by atoms with van der Waals surface area (Å²) in [7, 11) is 0. The molecular weight excluding hydrogens is 340 g/mol. The van der Waals surface area contributed by atoms with Gasteiger partial charge in [0.25, 0.3) is 0 Å². The Labute approximate surface area is 160 Å². The lowest BCUT2D eigenvalue weighted by atomic mass is 9.83. The monoisotopic (exact) mass is 370 g/mol. The van der Waals surface area contributed by atoms with Gasteiger partial charge in [0, 0.05) is 11.4 Å². The molecule has 2 N–H and O–H groups in total. The highest BCUT2D eigenvalue weighted by atomic mass is 16.4. The van der Waals surface area contributed by atoms with E-state index in [0.717, 1.165) is 37.2 Å². The topological polar surface area (TPSA) is 65.7 Å². The fraction of sp³-hybridized carbons (Fsp3) is 0.591. The number of nitrogens with one attached hydrogen (secondary N) is 1. The molecule has 1 aromatic carbocycles. The maximum atomic E-state index is 10.7. The number of benzene rings is 1. The summed E-state index contributed by atoms with van der Waals surface area (Å²) < 4.78 is 5.56. The van der Waals surface area contributed by atoms with E-state index in [1.165, 1.54) is 49.8 Å². The van der Waals surface area contributed by atoms with Crippen LogP contribution < -0.4 is 5.32 Å². The third-order valence-corrected chi connectivity index (χ3v) is 6.58. The second-order valence-electron chi connectivity index (χ2n) is 8.25. The van der Waals surface area contributed by atoms with Crippen LogP contribution in [0, 0.1) is 5.92 Å². The Morgan fingerprint density at radius 1 is 1.11 bits per heavy atom. The van der Waals surface area contributed by atoms with E-state index in [0.29, 0.717) is 5.92 Å². The van der Waals surface area contributed by atoms with Gasteiger partial charge < -0.3 is 19.7 Å². The van der Waals surface area contributed by atoms with Gasteiger partial charge in [-0.3, -0.25) is 0 Å². The van der Waals surface area contributed by atoms with Crippen molar-refractivity contribution in [2.45, 2.75) is 56.9 Å². The first-order valence-corrected chi connectivity index (χ1v) is 10.4. The molecule has 2 aromatic rings. The molecule has 1 saturated heterocycles. The highest BCUT2D eigenvalue weighted by Crippen LogP contribution is 2.34. The molecule has 2 aliphatic rings. The van der Waals surface area contributed by atoms with Gasteiger partial charge in [-0.15, -0.1) is 0 Å². The van der Waals surface area contributed by atoms with Crippen LogP contribution in [-0.4, -0.2) is 41.8 Å². The fourth-order valence-corrected chi connectivity index (χ4v) is 4.98. The van der Waals surface area contributed by atoms with Gasteiger partial charge in [0.1, 0.15) is 5.58 Å². The zero-order valence-corrected chi connectivity index (χ0v) is 15.9. The number of piperidine rings is 1. The zero-order valence-electron chi connectivity index (χ0n) is 15.9. The summed E-state index contributed by atoms with van der Waals surface area (Å²) >= 11 is 0. The van der Waals surface area contributed by atoms with Crippen molar-refractivity contribution in [3.05, 3.63) is 36.1 Å². The molecule has 1 aliphatic carbocycles. The highest BCUT2D eigenvalue weighted by Gasteiger charge is 2.25. The minimum atomic E-state index is -0.882. The molecule has 0 spiro atoms. The van der Waals surface area contributed by atoms with Crippen LogP contribution in [0.4, 0.5) is 4.79 Å². The van der Waals surface area contributed by atoms with Crippen molar-refractivity contribution in [1.29, 1.82) is 0 Å². The molecule has 0 bridgehead atoms. The molecule has 1 saturated carbocycles. The van der Waals surface area contributed by atoms with Crippen molar-refractivity contribution in [2.24, 2.45) is 5.92 Å². The van der Waals surface area contributed by atoms with Crippen molar-refractivity contribution in [3.8, 4) is 0 Å². The van der Waals surface area contributed by atoms with Gasteiger partial charge in [-0.1, -0.05) is 12.1 Å². The molecule has 4 rings (SSSR count). The van der Waals surface area contributed by atoms with Crippen LogP contribution in [0.3, 0.4) is 0 Å². The van der Waals surface area contributed by atoms with Crippen molar-refractivity contribution in [3.63, 3.8) is 0 Å². The van der Waals surface area contributed by atoms with Crippen molar-refractivity contribution < 1.29 is 14.3 Å². The Balaban J connectivity index is 1.21. The van der Waals surface area contributed by atoms with Gasteiger partial charge in [0.05, 0.1) is 6.26 Å². The number of hydrogen-bond donors (Lipinski definition) is 2. The van der Waals surface area contributed by atoms with E-state index in [1.807, 2.05) is 0 Å². The number of rotatable bonds is 5. The number of amides is 1. The van der Waals surface area contributed by atoms with Gasteiger partial charge in [0.2, 0.25) is 0 Å². The zero-order chi connectivity index (χ0) is 18.6. The van der Waals surface area contributed by atoms with Crippen molar-refractivity contribution >= 4 is 17.1 Å². The first-order chi connectivity index (χ1) is 13.2. The van der Waals surface area contributed by atoms with E-state index < -0.39 is 6.09 Å². The molecule has 146 valence electrons. The van der Waals surface area contributed by atoms with E-state index in [9.17, 15) is 4.79 Å². The molecule has 2 heterocycles. The molecule has 1 aromatic heterocycles. The molecule has 27 heavy (non-hydrogen) atoms. The lowest BCUT2D eigenvalue weighted by Crippen LogP contribution is -2.38. The maximum absolute atomic E-state index is 10.7. The summed E-state index contributed by atoms with van der Waals surface area (Å²) in [6.07, 6.45) is 8.91. The average molecular weight is 370 g/mol. The standard InChI is InChI=1S/C22H30N2O3/c25-22(26)23-18-6-4-16(5-7-18)8-12-24-13-9-17(10-14-24)19-2-1-3-21-20(19)11-15-27-21/h1-3,11,15-18,23H,4-10,12-14H2,(H,25,26). The predicted molar refractivity (Wildman–Crippen MR) is 106 cm³/mol. The molecule has 5 heteroatoms. The summed E-state index contributed by atoms with van der Waals surface area (Å²) in [5.74, 6) is 1.40. The number of carbonyl (C=O) groups is 1. The van der Waals surface area contributed by atoms with E-state index >= 15 is 0 Å². The summed E-state index contributed by atoms with van der Waals surface area (Å²) in [5, 5.41) is 12.8. The highest BCUT2D eigenvalue weighted by molar-refractivity contribution is 5.81. The lowest BCUT2D eigenvalue weighted by Gasteiger charge is -2.34. The maximum Gasteiger partial charge on any atom is 0.404 e. The number of hydrogen-bond acceptors (Lipinski definition) is 3. The Bertz CT molecular complexity index is 756. The Morgan fingerprint density at radius 3 is 2.63 bits per heavy atom. The Morgan fingerprint density at radius 2 is 1.89 bits per heavy atom. The van der Waals surface area contributed by atoms with Crippen LogP contribution >= 0.6 is 0 Å². The SMILES string of the molecule is O=C(O)NC1CCC(CCN2CCC(c3cccc4occc34)CC2)CC1. The lowest BCUT2D eigenvalue weighted by molar-refractivity contribution is 0.171. The smallest absolute Gasteiger partial charge is 0.404 e. The van der Waals surface area contributed by atoms with Gasteiger partial charge in [-0.25, -0.2) is 4.79 Å². The second-order valence-corrected chi connectivity index (χ2v) is 8.25. The van der Waals surface area contributed by atoms with E-state index in [1.54, 1.807) is 6.26 Å². The van der Waals surface area contributed by atoms with Crippen LogP contribution in [0.5, 0.6) is 0 Å². The van der Waals surface area contributed by atoms with E-state index in [-0.39, 0.29) is 6.04 Å². The first kappa shape index (κ1) is 18.4. The molecule has 2 fully saturated rings. The summed E-state index contributed by atoms with van der Waals surface area (Å²) in [6, 6.07) is 8.70. The fourth-order valence-electron chi connectivity index (χ4n) is 4.98. The minimum absolute atomic E-state index is 0.167. The van der Waals surface area contributed by atoms with Crippen LogP contribution in [-0.2, 0) is 0 Å². The predicted octanol–water partition coefficient (Wildman–Crippen LogP) is 4.83. The van der Waals surface area contributed by atoms with E-state index in [2.05, 4.69) is 34.5 Å². The number of fused-ring (bicyclic) bond motifs is 1. The molecule has 0 atom stereocenters. The summed E-state index contributed by atoms with van der Waals surface area (Å²) in [6.45, 7) is 3.54. The number of nitrogens with zero attached hydrogens (tertiary/aromatic N) is 1. The first-order valence-electron chi connectivity index (χ1n) is 10.4. The quantitative estimate of drug-likeness (QED) is 0.791. The number of carboxylic acid groups (broad SMARTS) is 1. The van der Waals surface area contributed by atoms with Crippen LogP contribution in [0.15, 0.2) is 34.9 Å². The summed E-state index contributed by atoms with van der Waals surface area (Å²) in [5.41, 5.74) is 2.45. The molecule has 1 aliphatic heterocycles. The van der Waals surface area contributed by atoms with Gasteiger partial charge >= 0.3 is 6.09 Å². The molecular formula is C22H30N2O3. The van der Waals surface area contributed by atoms with Gasteiger partial charge in [-0.2, -0.15) is 0 Å². The van der Waals surface area contributed by atoms with Crippen molar-refractivity contribution in [1.82, 2.24) is 10.2 Å². The molecule has 5 nitrogen and oxygen atoms in total. The third-order valence-electron chi connectivity index (χ3n) is 6.58. The molecule has 1 amide bonds. The normalized spacial score (nSPS) is 24.9. The minimum Gasteiger partial charge on any atom is -0.465 e. The van der Waals surface area contributed by atoms with Crippen LogP contribution in [0.2, 0.25) is 0 Å². The Kier molecular flexibility index (Phi) is 5.67. The average Bonchev–Trinajstić information content (AvgIpc) is 3.16. The third kappa shape index (κ3) is 4.46. The molecule has 0 unspecified atom stereocenters.